The van der Waals surface area contributed by atoms with Crippen molar-refractivity contribution in [1.29, 1.82) is 0 Å². The van der Waals surface area contributed by atoms with Crippen LogP contribution in [0.2, 0.25) is 0 Å². The number of fused-ring (bicyclic) bond motifs is 1. The molecule has 5 rings (SSSR count). The van der Waals surface area contributed by atoms with E-state index in [1.807, 2.05) is 27.7 Å². The lowest BCUT2D eigenvalue weighted by Gasteiger charge is -2.32. The second-order valence-electron chi connectivity index (χ2n) is 11.4. The number of nitrogens with one attached hydrogen (secondary N) is 1. The van der Waals surface area contributed by atoms with Crippen LogP contribution < -0.4 is 10.2 Å². The average Bonchev–Trinajstić information content (AvgIpc) is 3.39. The topological polar surface area (TPSA) is 122 Å². The minimum Gasteiger partial charge on any atom is -0.399 e. The van der Waals surface area contributed by atoms with Crippen molar-refractivity contribution < 1.29 is 36.0 Å². The summed E-state index contributed by atoms with van der Waals surface area (Å²) in [6.45, 7) is 9.75. The summed E-state index contributed by atoms with van der Waals surface area (Å²) in [6.07, 6.45) is 3.68. The summed E-state index contributed by atoms with van der Waals surface area (Å²) in [5, 5.41) is 4.68. The third kappa shape index (κ3) is 5.50. The van der Waals surface area contributed by atoms with E-state index in [0.29, 0.717) is 24.1 Å². The Morgan fingerprint density at radius 2 is 1.88 bits per heavy atom. The van der Waals surface area contributed by atoms with E-state index in [4.69, 9.17) is 14.0 Å². The number of hydrogen-bond acceptors (Lipinski definition) is 8. The summed E-state index contributed by atoms with van der Waals surface area (Å²) in [7, 11) is -4.71. The lowest BCUT2D eigenvalue weighted by Crippen LogP contribution is -2.41. The third-order valence-electron chi connectivity index (χ3n) is 7.79. The Morgan fingerprint density at radius 3 is 2.51 bits per heavy atom. The summed E-state index contributed by atoms with van der Waals surface area (Å²) in [6, 6.07) is 3.41. The van der Waals surface area contributed by atoms with Gasteiger partial charge in [0, 0.05) is 18.3 Å². The first-order chi connectivity index (χ1) is 19.2. The Balaban J connectivity index is 1.62. The molecule has 1 N–H and O–H groups in total. The van der Waals surface area contributed by atoms with Gasteiger partial charge in [0.05, 0.1) is 33.6 Å². The highest BCUT2D eigenvalue weighted by Crippen LogP contribution is 2.37. The number of pyridine rings is 1. The molecule has 4 heterocycles. The molecule has 1 unspecified atom stereocenters. The van der Waals surface area contributed by atoms with E-state index in [1.54, 1.807) is 19.2 Å². The first kappa shape index (κ1) is 29.6. The van der Waals surface area contributed by atoms with Crippen LogP contribution >= 0.6 is 0 Å². The van der Waals surface area contributed by atoms with E-state index < -0.39 is 63.2 Å². The van der Waals surface area contributed by atoms with Gasteiger partial charge in [-0.1, -0.05) is 6.92 Å². The molecule has 0 aliphatic carbocycles. The van der Waals surface area contributed by atoms with Crippen molar-refractivity contribution in [1.82, 2.24) is 14.8 Å². The molecule has 0 spiro atoms. The molecule has 0 amide bonds. The van der Waals surface area contributed by atoms with E-state index in [0.717, 1.165) is 25.0 Å². The van der Waals surface area contributed by atoms with Gasteiger partial charge in [-0.25, -0.2) is 26.9 Å². The molecule has 0 bridgehead atoms. The number of nitrogens with zero attached hydrogens (tertiary/aromatic N) is 3. The van der Waals surface area contributed by atoms with Crippen LogP contribution in [0.1, 0.15) is 82.6 Å². The van der Waals surface area contributed by atoms with E-state index in [1.165, 1.54) is 4.68 Å². The first-order valence-electron chi connectivity index (χ1n) is 13.6. The predicted octanol–water partition coefficient (Wildman–Crippen LogP) is 4.09. The fourth-order valence-corrected chi connectivity index (χ4v) is 6.01. The number of aromatic nitrogens is 3. The molecular weight excluding hydrogens is 557 g/mol. The molecule has 3 aromatic rings. The summed E-state index contributed by atoms with van der Waals surface area (Å²) in [5.74, 6) is -3.82. The summed E-state index contributed by atoms with van der Waals surface area (Å²) >= 11 is 0. The zero-order valence-electron chi connectivity index (χ0n) is 23.7. The quantitative estimate of drug-likeness (QED) is 0.308. The van der Waals surface area contributed by atoms with Crippen LogP contribution in [0, 0.1) is 11.6 Å². The standard InChI is InChI=1S/C27H33BF2N4O6S/c1-6-13-41(36,37)33-19-11-10-18(29)21(22(19)30)24(35)23-17-14-16(28-39-26(2,3)27(4,5)40-28)15-31-25(17)34(32-23)20-9-7-8-12-38-20/h10-11,14-15,20,33H,6-9,12-13H2,1-5H3. The number of ketones is 1. The van der Waals surface area contributed by atoms with E-state index in [-0.39, 0.29) is 23.3 Å². The van der Waals surface area contributed by atoms with Gasteiger partial charge >= 0.3 is 7.12 Å². The first-order valence-corrected chi connectivity index (χ1v) is 15.3. The lowest BCUT2D eigenvalue weighted by molar-refractivity contribution is -0.0371. The molecule has 220 valence electrons. The minimum absolute atomic E-state index is 0.229. The van der Waals surface area contributed by atoms with Crippen molar-refractivity contribution in [2.75, 3.05) is 17.1 Å². The van der Waals surface area contributed by atoms with Crippen molar-refractivity contribution >= 4 is 45.1 Å². The van der Waals surface area contributed by atoms with Crippen LogP contribution in [0.4, 0.5) is 14.5 Å². The maximum absolute atomic E-state index is 15.6. The highest BCUT2D eigenvalue weighted by molar-refractivity contribution is 7.92. The Hall–Kier alpha value is -2.94. The third-order valence-corrected chi connectivity index (χ3v) is 9.27. The molecule has 41 heavy (non-hydrogen) atoms. The van der Waals surface area contributed by atoms with Crippen LogP contribution in [-0.4, -0.2) is 59.6 Å². The van der Waals surface area contributed by atoms with Crippen LogP contribution in [0.3, 0.4) is 0 Å². The van der Waals surface area contributed by atoms with Gasteiger partial charge in [-0.3, -0.25) is 9.52 Å². The number of halogens is 2. The largest absolute Gasteiger partial charge is 0.496 e. The SMILES string of the molecule is CCCS(=O)(=O)Nc1ccc(F)c(C(=O)c2nn(C3CCCCO3)c3ncc(B4OC(C)(C)C(C)(C)O4)cc23)c1F. The van der Waals surface area contributed by atoms with E-state index >= 15 is 8.78 Å². The van der Waals surface area contributed by atoms with Gasteiger partial charge in [-0.2, -0.15) is 5.10 Å². The lowest BCUT2D eigenvalue weighted by atomic mass is 9.80. The minimum atomic E-state index is -3.90. The van der Waals surface area contributed by atoms with Gasteiger partial charge in [0.15, 0.2) is 17.7 Å². The van der Waals surface area contributed by atoms with Gasteiger partial charge in [0.25, 0.3) is 0 Å². The number of rotatable bonds is 8. The fraction of sp³-hybridized carbons (Fsp3) is 0.519. The molecule has 2 saturated heterocycles. The molecule has 1 atom stereocenters. The number of hydrogen-bond donors (Lipinski definition) is 1. The molecule has 2 aliphatic rings. The molecule has 2 fully saturated rings. The van der Waals surface area contributed by atoms with Crippen molar-refractivity contribution in [2.45, 2.75) is 77.7 Å². The molecule has 0 saturated carbocycles. The van der Waals surface area contributed by atoms with Crippen LogP contribution in [-0.2, 0) is 24.1 Å². The van der Waals surface area contributed by atoms with E-state index in [2.05, 4.69) is 14.8 Å². The maximum atomic E-state index is 15.6. The Kier molecular flexibility index (Phi) is 7.73. The van der Waals surface area contributed by atoms with Crippen molar-refractivity contribution in [3.05, 3.63) is 47.3 Å². The average molecular weight is 590 g/mol. The summed E-state index contributed by atoms with van der Waals surface area (Å²) in [4.78, 5) is 18.4. The normalized spacial score (nSPS) is 20.5. The van der Waals surface area contributed by atoms with Gasteiger partial charge < -0.3 is 14.0 Å². The second kappa shape index (κ2) is 10.7. The summed E-state index contributed by atoms with van der Waals surface area (Å²) in [5.41, 5.74) is -2.20. The molecule has 0 radical (unpaired) electrons. The second-order valence-corrected chi connectivity index (χ2v) is 13.2. The number of sulfonamides is 1. The molecule has 14 heteroatoms. The smallest absolute Gasteiger partial charge is 0.399 e. The highest BCUT2D eigenvalue weighted by Gasteiger charge is 2.52. The van der Waals surface area contributed by atoms with Gasteiger partial charge in [0.1, 0.15) is 11.5 Å². The van der Waals surface area contributed by atoms with Crippen molar-refractivity contribution in [3.63, 3.8) is 0 Å². The molecule has 2 aromatic heterocycles. The van der Waals surface area contributed by atoms with Crippen LogP contribution in [0.5, 0.6) is 0 Å². The number of ether oxygens (including phenoxy) is 1. The van der Waals surface area contributed by atoms with Crippen molar-refractivity contribution in [2.24, 2.45) is 0 Å². The monoisotopic (exact) mass is 590 g/mol. The number of carbonyl (C=O) groups is 1. The molecule has 10 nitrogen and oxygen atoms in total. The van der Waals surface area contributed by atoms with Crippen LogP contribution in [0.25, 0.3) is 11.0 Å². The van der Waals surface area contributed by atoms with E-state index in [9.17, 15) is 13.2 Å². The number of carbonyl (C=O) groups excluding carboxylic acids is 1. The Bertz CT molecular complexity index is 1590. The fourth-order valence-electron chi connectivity index (χ4n) is 4.88. The predicted molar refractivity (Wildman–Crippen MR) is 150 cm³/mol. The summed E-state index contributed by atoms with van der Waals surface area (Å²) < 4.78 is 76.9. The Labute approximate surface area is 237 Å². The van der Waals surface area contributed by atoms with Gasteiger partial charge in [-0.05, 0) is 71.6 Å². The highest BCUT2D eigenvalue weighted by atomic mass is 32.2. The Morgan fingerprint density at radius 1 is 1.17 bits per heavy atom. The molecular formula is C27H33BF2N4O6S. The number of anilines is 1. The maximum Gasteiger partial charge on any atom is 0.496 e. The van der Waals surface area contributed by atoms with Crippen molar-refractivity contribution in [3.8, 4) is 0 Å². The van der Waals surface area contributed by atoms with Gasteiger partial charge in [0.2, 0.25) is 15.8 Å². The molecule has 1 aromatic carbocycles. The molecule has 2 aliphatic heterocycles. The zero-order valence-corrected chi connectivity index (χ0v) is 24.5. The number of benzene rings is 1. The van der Waals surface area contributed by atoms with Crippen LogP contribution in [0.15, 0.2) is 24.4 Å². The van der Waals surface area contributed by atoms with Gasteiger partial charge in [-0.15, -0.1) is 0 Å². The zero-order chi connectivity index (χ0) is 29.7.